The number of alkyl halides is 2. The molecule has 1 aromatic rings. The van der Waals surface area contributed by atoms with E-state index in [-0.39, 0.29) is 11.3 Å². The number of hydrogen-bond donors (Lipinski definition) is 2. The van der Waals surface area contributed by atoms with E-state index in [4.69, 9.17) is 4.74 Å². The molecule has 0 aliphatic heterocycles. The van der Waals surface area contributed by atoms with E-state index in [9.17, 15) is 8.78 Å². The molecule has 0 atom stereocenters. The van der Waals surface area contributed by atoms with Gasteiger partial charge in [0.1, 0.15) is 5.75 Å². The molecule has 0 amide bonds. The van der Waals surface area contributed by atoms with E-state index in [0.29, 0.717) is 11.6 Å². The van der Waals surface area contributed by atoms with Gasteiger partial charge in [-0.1, -0.05) is 33.8 Å². The summed E-state index contributed by atoms with van der Waals surface area (Å²) >= 11 is 0. The fraction of sp³-hybridized carbons (Fsp3) is 0.684. The first kappa shape index (κ1) is 23.6. The van der Waals surface area contributed by atoms with Crippen LogP contribution in [0.1, 0.15) is 54.4 Å². The molecule has 0 fully saturated rings. The van der Waals surface area contributed by atoms with Crippen LogP contribution in [0.4, 0.5) is 14.5 Å². The molecule has 146 valence electrons. The van der Waals surface area contributed by atoms with Crippen molar-refractivity contribution in [2.24, 2.45) is 5.92 Å². The summed E-state index contributed by atoms with van der Waals surface area (Å²) in [5.74, 6) is 0.678. The van der Waals surface area contributed by atoms with E-state index in [1.165, 1.54) is 12.1 Å². The summed E-state index contributed by atoms with van der Waals surface area (Å²) in [6.45, 7) is 11.1. The van der Waals surface area contributed by atoms with Crippen LogP contribution in [0.15, 0.2) is 24.3 Å². The fourth-order valence-electron chi connectivity index (χ4n) is 1.99. The van der Waals surface area contributed by atoms with Gasteiger partial charge < -0.3 is 14.9 Å². The Morgan fingerprint density at radius 3 is 2.44 bits per heavy atom. The first-order chi connectivity index (χ1) is 11.8. The molecule has 1 aromatic carbocycles. The minimum Gasteiger partial charge on any atom is -0.435 e. The van der Waals surface area contributed by atoms with Crippen molar-refractivity contribution in [3.05, 3.63) is 24.3 Å². The van der Waals surface area contributed by atoms with Crippen LogP contribution in [0.5, 0.6) is 5.75 Å². The number of hydrazine groups is 1. The molecular formula is C19H34F2N2O2. The molecule has 0 radical (unpaired) electrons. The zero-order chi connectivity index (χ0) is 19.3. The average Bonchev–Trinajstić information content (AvgIpc) is 2.54. The van der Waals surface area contributed by atoms with Gasteiger partial charge in [-0.3, -0.25) is 0 Å². The molecule has 0 aliphatic carbocycles. The highest BCUT2D eigenvalue weighted by molar-refractivity contribution is 5.47. The summed E-state index contributed by atoms with van der Waals surface area (Å²) in [5.41, 5.74) is 6.77. The lowest BCUT2D eigenvalue weighted by Gasteiger charge is -2.27. The van der Waals surface area contributed by atoms with Crippen molar-refractivity contribution in [1.29, 1.82) is 0 Å². The van der Waals surface area contributed by atoms with Crippen molar-refractivity contribution in [1.82, 2.24) is 5.43 Å². The van der Waals surface area contributed by atoms with Crippen LogP contribution in [-0.4, -0.2) is 25.4 Å². The lowest BCUT2D eigenvalue weighted by molar-refractivity contribution is -0.0498. The SMILES string of the molecule is CC.CC(C)COCCCC(C)(C)NNc1cccc(OC(F)F)c1. The summed E-state index contributed by atoms with van der Waals surface area (Å²) in [7, 11) is 0. The second kappa shape index (κ2) is 12.9. The van der Waals surface area contributed by atoms with Crippen molar-refractivity contribution >= 4 is 5.69 Å². The summed E-state index contributed by atoms with van der Waals surface area (Å²) in [4.78, 5) is 0. The van der Waals surface area contributed by atoms with Crippen LogP contribution >= 0.6 is 0 Å². The van der Waals surface area contributed by atoms with Gasteiger partial charge in [0, 0.05) is 24.8 Å². The van der Waals surface area contributed by atoms with E-state index in [1.54, 1.807) is 12.1 Å². The summed E-state index contributed by atoms with van der Waals surface area (Å²) in [5, 5.41) is 0. The number of anilines is 1. The quantitative estimate of drug-likeness (QED) is 0.406. The van der Waals surface area contributed by atoms with E-state index >= 15 is 0 Å². The monoisotopic (exact) mass is 360 g/mol. The fourth-order valence-corrected chi connectivity index (χ4v) is 1.99. The maximum Gasteiger partial charge on any atom is 0.387 e. The smallest absolute Gasteiger partial charge is 0.387 e. The average molecular weight is 360 g/mol. The maximum absolute atomic E-state index is 12.2. The van der Waals surface area contributed by atoms with Crippen molar-refractivity contribution in [2.45, 2.75) is 66.5 Å². The Labute approximate surface area is 151 Å². The van der Waals surface area contributed by atoms with Crippen molar-refractivity contribution < 1.29 is 18.3 Å². The van der Waals surface area contributed by atoms with Crippen molar-refractivity contribution in [3.8, 4) is 5.75 Å². The lowest BCUT2D eigenvalue weighted by Crippen LogP contribution is -2.43. The summed E-state index contributed by atoms with van der Waals surface area (Å²) < 4.78 is 34.4. The van der Waals surface area contributed by atoms with Gasteiger partial charge in [-0.05, 0) is 44.7 Å². The van der Waals surface area contributed by atoms with Gasteiger partial charge in [0.15, 0.2) is 0 Å². The minimum absolute atomic E-state index is 0.131. The van der Waals surface area contributed by atoms with E-state index in [2.05, 4.69) is 43.3 Å². The highest BCUT2D eigenvalue weighted by atomic mass is 19.3. The number of halogens is 2. The number of rotatable bonds is 11. The molecule has 4 nitrogen and oxygen atoms in total. The van der Waals surface area contributed by atoms with Crippen LogP contribution in [0.25, 0.3) is 0 Å². The van der Waals surface area contributed by atoms with Crippen molar-refractivity contribution in [3.63, 3.8) is 0 Å². The van der Waals surface area contributed by atoms with Gasteiger partial charge in [0.05, 0.1) is 5.69 Å². The van der Waals surface area contributed by atoms with Gasteiger partial charge in [0.25, 0.3) is 0 Å². The molecule has 0 spiro atoms. The molecule has 0 heterocycles. The van der Waals surface area contributed by atoms with Crippen LogP contribution in [0, 0.1) is 5.92 Å². The third kappa shape index (κ3) is 12.6. The first-order valence-corrected chi connectivity index (χ1v) is 8.94. The number of hydrogen-bond acceptors (Lipinski definition) is 4. The molecule has 1 rings (SSSR count). The molecule has 0 saturated carbocycles. The Balaban J connectivity index is 0.00000277. The number of ether oxygens (including phenoxy) is 2. The van der Waals surface area contributed by atoms with E-state index < -0.39 is 6.61 Å². The Kier molecular flexibility index (Phi) is 12.2. The molecule has 25 heavy (non-hydrogen) atoms. The molecule has 2 N–H and O–H groups in total. The highest BCUT2D eigenvalue weighted by Gasteiger charge is 2.16. The second-order valence-corrected chi connectivity index (χ2v) is 6.61. The van der Waals surface area contributed by atoms with Gasteiger partial charge in [0.2, 0.25) is 0 Å². The first-order valence-electron chi connectivity index (χ1n) is 8.94. The Morgan fingerprint density at radius 1 is 1.16 bits per heavy atom. The normalized spacial score (nSPS) is 11.3. The van der Waals surface area contributed by atoms with Gasteiger partial charge in [-0.2, -0.15) is 8.78 Å². The van der Waals surface area contributed by atoms with Gasteiger partial charge >= 0.3 is 6.61 Å². The van der Waals surface area contributed by atoms with E-state index in [1.807, 2.05) is 13.8 Å². The third-order valence-electron chi connectivity index (χ3n) is 3.15. The second-order valence-electron chi connectivity index (χ2n) is 6.61. The highest BCUT2D eigenvalue weighted by Crippen LogP contribution is 2.20. The topological polar surface area (TPSA) is 42.5 Å². The zero-order valence-electron chi connectivity index (χ0n) is 16.4. The summed E-state index contributed by atoms with van der Waals surface area (Å²) in [6.07, 6.45) is 1.87. The van der Waals surface area contributed by atoms with Gasteiger partial charge in [-0.15, -0.1) is 0 Å². The Hall–Kier alpha value is -1.40. The predicted molar refractivity (Wildman–Crippen MR) is 100 cm³/mol. The molecular weight excluding hydrogens is 326 g/mol. The molecule has 0 aromatic heterocycles. The molecule has 0 unspecified atom stereocenters. The standard InChI is InChI=1S/C17H28F2N2O2.C2H6/c1-13(2)12-22-10-6-9-17(3,4)21-20-14-7-5-8-15(11-14)23-16(18)19;1-2/h5,7-8,11,13,16,20-21H,6,9-10,12H2,1-4H3;1-2H3. The zero-order valence-corrected chi connectivity index (χ0v) is 16.4. The maximum atomic E-state index is 12.2. The van der Waals surface area contributed by atoms with Crippen molar-refractivity contribution in [2.75, 3.05) is 18.6 Å². The third-order valence-corrected chi connectivity index (χ3v) is 3.15. The molecule has 0 saturated heterocycles. The van der Waals surface area contributed by atoms with Crippen LogP contribution in [0.2, 0.25) is 0 Å². The molecule has 6 heteroatoms. The minimum atomic E-state index is -2.82. The summed E-state index contributed by atoms with van der Waals surface area (Å²) in [6, 6.07) is 6.47. The number of benzene rings is 1. The molecule has 0 bridgehead atoms. The van der Waals surface area contributed by atoms with Crippen LogP contribution in [-0.2, 0) is 4.74 Å². The van der Waals surface area contributed by atoms with Crippen LogP contribution < -0.4 is 15.6 Å². The van der Waals surface area contributed by atoms with Gasteiger partial charge in [-0.25, -0.2) is 5.43 Å². The number of nitrogens with one attached hydrogen (secondary N) is 2. The Morgan fingerprint density at radius 2 is 1.84 bits per heavy atom. The largest absolute Gasteiger partial charge is 0.435 e. The van der Waals surface area contributed by atoms with E-state index in [0.717, 1.165) is 26.1 Å². The Bertz CT molecular complexity index is 455. The lowest BCUT2D eigenvalue weighted by atomic mass is 10.00. The predicted octanol–water partition coefficient (Wildman–Crippen LogP) is 5.46. The molecule has 0 aliphatic rings. The van der Waals surface area contributed by atoms with Crippen LogP contribution in [0.3, 0.4) is 0 Å².